The molecule has 0 atom stereocenters. The van der Waals surface area contributed by atoms with Gasteiger partial charge in [0.25, 0.3) is 0 Å². The molecule has 2 aliphatic rings. The summed E-state index contributed by atoms with van der Waals surface area (Å²) < 4.78 is 4.88. The summed E-state index contributed by atoms with van der Waals surface area (Å²) in [7, 11) is 1.81. The number of nitrogens with one attached hydrogen (secondary N) is 2. The molecule has 0 spiro atoms. The number of carbonyl (C=O) groups excluding carboxylic acids is 1. The number of amides is 1. The van der Waals surface area contributed by atoms with E-state index in [1.165, 1.54) is 0 Å². The topological polar surface area (TPSA) is 86.0 Å². The van der Waals surface area contributed by atoms with Crippen LogP contribution in [0.25, 0.3) is 0 Å². The van der Waals surface area contributed by atoms with E-state index in [2.05, 4.69) is 30.6 Å². The Labute approximate surface area is 148 Å². The lowest BCUT2D eigenvalue weighted by atomic mass is 10.3. The highest BCUT2D eigenvalue weighted by atomic mass is 16.5. The molecule has 2 heterocycles. The molecule has 2 fully saturated rings. The zero-order valence-corrected chi connectivity index (χ0v) is 14.9. The third kappa shape index (κ3) is 5.74. The molecule has 1 amide bonds. The van der Waals surface area contributed by atoms with Crippen molar-refractivity contribution in [1.29, 1.82) is 0 Å². The minimum atomic E-state index is 0.167. The van der Waals surface area contributed by atoms with E-state index in [1.54, 1.807) is 6.26 Å². The van der Waals surface area contributed by atoms with Crippen molar-refractivity contribution >= 4 is 11.9 Å². The van der Waals surface area contributed by atoms with Gasteiger partial charge in [0.2, 0.25) is 5.91 Å². The number of rotatable bonds is 7. The second-order valence-corrected chi connectivity index (χ2v) is 6.67. The second-order valence-electron chi connectivity index (χ2n) is 6.67. The molecule has 138 valence electrons. The monoisotopic (exact) mass is 348 g/mol. The van der Waals surface area contributed by atoms with E-state index in [1.807, 2.05) is 13.1 Å². The van der Waals surface area contributed by atoms with Crippen LogP contribution in [0.1, 0.15) is 31.4 Å². The molecule has 0 radical (unpaired) electrons. The van der Waals surface area contributed by atoms with Crippen LogP contribution in [0.5, 0.6) is 0 Å². The lowest BCUT2D eigenvalue weighted by Gasteiger charge is -2.36. The van der Waals surface area contributed by atoms with E-state index in [9.17, 15) is 4.79 Å². The average Bonchev–Trinajstić information content (AvgIpc) is 3.28. The zero-order valence-electron chi connectivity index (χ0n) is 14.9. The number of hydrogen-bond donors (Lipinski definition) is 2. The zero-order chi connectivity index (χ0) is 17.5. The van der Waals surface area contributed by atoms with Gasteiger partial charge >= 0.3 is 0 Å². The van der Waals surface area contributed by atoms with Gasteiger partial charge in [0.1, 0.15) is 6.26 Å². The molecule has 0 unspecified atom stereocenters. The number of nitrogens with zero attached hydrogens (tertiary/aromatic N) is 4. The van der Waals surface area contributed by atoms with Crippen molar-refractivity contribution in [3.63, 3.8) is 0 Å². The van der Waals surface area contributed by atoms with Crippen molar-refractivity contribution in [2.24, 2.45) is 4.99 Å². The fraction of sp³-hybridized carbons (Fsp3) is 0.706. The lowest BCUT2D eigenvalue weighted by Crippen LogP contribution is -2.52. The molecule has 1 aliphatic carbocycles. The predicted molar refractivity (Wildman–Crippen MR) is 95.1 cm³/mol. The summed E-state index contributed by atoms with van der Waals surface area (Å²) in [6.07, 6.45) is 5.29. The maximum atomic E-state index is 11.7. The second kappa shape index (κ2) is 8.84. The highest BCUT2D eigenvalue weighted by Crippen LogP contribution is 2.18. The van der Waals surface area contributed by atoms with Gasteiger partial charge in [0, 0.05) is 64.8 Å². The Morgan fingerprint density at radius 1 is 1.36 bits per heavy atom. The molecule has 3 rings (SSSR count). The van der Waals surface area contributed by atoms with Crippen molar-refractivity contribution in [2.45, 2.75) is 38.3 Å². The summed E-state index contributed by atoms with van der Waals surface area (Å²) in [6.45, 7) is 5.39. The summed E-state index contributed by atoms with van der Waals surface area (Å²) in [5.41, 5.74) is 0.973. The van der Waals surface area contributed by atoms with Crippen molar-refractivity contribution in [1.82, 2.24) is 25.6 Å². The van der Waals surface area contributed by atoms with E-state index < -0.39 is 0 Å². The number of guanidine groups is 1. The Morgan fingerprint density at radius 2 is 2.16 bits per heavy atom. The molecule has 1 aromatic heterocycles. The van der Waals surface area contributed by atoms with Gasteiger partial charge in [0.05, 0.1) is 5.69 Å². The number of carbonyl (C=O) groups is 1. The summed E-state index contributed by atoms with van der Waals surface area (Å²) in [5.74, 6) is 1.09. The molecule has 8 heteroatoms. The molecule has 1 aromatic rings. The molecule has 8 nitrogen and oxygen atoms in total. The van der Waals surface area contributed by atoms with E-state index in [0.29, 0.717) is 12.5 Å². The van der Waals surface area contributed by atoms with E-state index in [-0.39, 0.29) is 5.91 Å². The van der Waals surface area contributed by atoms with Gasteiger partial charge in [-0.25, -0.2) is 0 Å². The van der Waals surface area contributed by atoms with E-state index in [4.69, 9.17) is 4.52 Å². The van der Waals surface area contributed by atoms with Gasteiger partial charge in [0.15, 0.2) is 5.96 Å². The first-order valence-corrected chi connectivity index (χ1v) is 9.11. The van der Waals surface area contributed by atoms with Crippen LogP contribution in [0.3, 0.4) is 0 Å². The van der Waals surface area contributed by atoms with Crippen LogP contribution >= 0.6 is 0 Å². The van der Waals surface area contributed by atoms with Gasteiger partial charge in [-0.15, -0.1) is 0 Å². The van der Waals surface area contributed by atoms with Crippen LogP contribution in [0.15, 0.2) is 21.8 Å². The third-order valence-electron chi connectivity index (χ3n) is 4.57. The first-order chi connectivity index (χ1) is 12.2. The van der Waals surface area contributed by atoms with Gasteiger partial charge in [-0.2, -0.15) is 0 Å². The average molecular weight is 348 g/mol. The summed E-state index contributed by atoms with van der Waals surface area (Å²) in [4.78, 5) is 20.7. The van der Waals surface area contributed by atoms with Crippen LogP contribution in [-0.4, -0.2) is 72.6 Å². The number of aliphatic imine (C=N–C) groups is 1. The largest absolute Gasteiger partial charge is 0.364 e. The number of hydrogen-bond acceptors (Lipinski definition) is 5. The van der Waals surface area contributed by atoms with Gasteiger partial charge in [-0.3, -0.25) is 14.7 Å². The molecule has 1 saturated heterocycles. The Bertz CT molecular complexity index is 562. The first-order valence-electron chi connectivity index (χ1n) is 9.11. The van der Waals surface area contributed by atoms with Crippen molar-refractivity contribution in [2.75, 3.05) is 39.8 Å². The normalized spacial score (nSPS) is 19.1. The molecule has 0 aromatic carbocycles. The Kier molecular flexibility index (Phi) is 6.27. The van der Waals surface area contributed by atoms with Crippen LogP contribution in [-0.2, 0) is 11.3 Å². The lowest BCUT2D eigenvalue weighted by molar-refractivity contribution is -0.121. The Hall–Kier alpha value is -2.09. The van der Waals surface area contributed by atoms with Gasteiger partial charge < -0.3 is 20.1 Å². The van der Waals surface area contributed by atoms with Gasteiger partial charge in [-0.1, -0.05) is 5.16 Å². The maximum absolute atomic E-state index is 11.7. The molecular formula is C17H28N6O2. The number of aromatic nitrogens is 1. The molecule has 25 heavy (non-hydrogen) atoms. The number of piperazine rings is 1. The quantitative estimate of drug-likeness (QED) is 0.422. The fourth-order valence-electron chi connectivity index (χ4n) is 2.97. The third-order valence-corrected chi connectivity index (χ3v) is 4.57. The van der Waals surface area contributed by atoms with Crippen molar-refractivity contribution < 1.29 is 9.32 Å². The fourth-order valence-corrected chi connectivity index (χ4v) is 2.97. The highest BCUT2D eigenvalue weighted by molar-refractivity contribution is 5.80. The van der Waals surface area contributed by atoms with Crippen LogP contribution < -0.4 is 10.6 Å². The SMILES string of the molecule is CN=C(NCCCC(=O)NC1CC1)N1CCN(Cc2ccon2)CC1. The van der Waals surface area contributed by atoms with Crippen LogP contribution in [0, 0.1) is 0 Å². The molecule has 1 aliphatic heterocycles. The first kappa shape index (κ1) is 17.7. The van der Waals surface area contributed by atoms with Crippen molar-refractivity contribution in [3.8, 4) is 0 Å². The van der Waals surface area contributed by atoms with Crippen LogP contribution in [0.2, 0.25) is 0 Å². The minimum absolute atomic E-state index is 0.167. The minimum Gasteiger partial charge on any atom is -0.364 e. The summed E-state index contributed by atoms with van der Waals surface area (Å²) >= 11 is 0. The molecule has 0 bridgehead atoms. The Balaban J connectivity index is 1.32. The molecular weight excluding hydrogens is 320 g/mol. The predicted octanol–water partition coefficient (Wildman–Crippen LogP) is 0.426. The molecule has 2 N–H and O–H groups in total. The van der Waals surface area contributed by atoms with Crippen molar-refractivity contribution in [3.05, 3.63) is 18.0 Å². The van der Waals surface area contributed by atoms with Crippen LogP contribution in [0.4, 0.5) is 0 Å². The van der Waals surface area contributed by atoms with E-state index >= 15 is 0 Å². The Morgan fingerprint density at radius 3 is 2.80 bits per heavy atom. The maximum Gasteiger partial charge on any atom is 0.220 e. The van der Waals surface area contributed by atoms with E-state index in [0.717, 1.165) is 70.2 Å². The highest BCUT2D eigenvalue weighted by Gasteiger charge is 2.23. The summed E-state index contributed by atoms with van der Waals surface area (Å²) in [6, 6.07) is 2.36. The molecule has 1 saturated carbocycles. The standard InChI is InChI=1S/C17H28N6O2/c1-18-17(19-7-2-3-16(24)20-14-4-5-14)23-10-8-22(9-11-23)13-15-6-12-25-21-15/h6,12,14H,2-5,7-11,13H2,1H3,(H,18,19)(H,20,24). The van der Waals surface area contributed by atoms with Gasteiger partial charge in [-0.05, 0) is 19.3 Å². The smallest absolute Gasteiger partial charge is 0.220 e. The summed E-state index contributed by atoms with van der Waals surface area (Å²) in [5, 5.41) is 10.4.